The number of benzene rings is 3. The Morgan fingerprint density at radius 1 is 0.976 bits per heavy atom. The lowest BCUT2D eigenvalue weighted by Crippen LogP contribution is -2.50. The van der Waals surface area contributed by atoms with Crippen LogP contribution in [0.3, 0.4) is 0 Å². The number of sulfonamides is 1. The average molecular weight is 645 g/mol. The third-order valence-electron chi connectivity index (χ3n) is 6.57. The number of halogens is 1. The van der Waals surface area contributed by atoms with Crippen LogP contribution in [0.25, 0.3) is 0 Å². The summed E-state index contributed by atoms with van der Waals surface area (Å²) in [5.41, 5.74) is 2.32. The molecule has 0 aliphatic rings. The second-order valence-corrected chi connectivity index (χ2v) is 12.6. The lowest BCUT2D eigenvalue weighted by atomic mass is 10.0. The molecule has 41 heavy (non-hydrogen) atoms. The molecule has 0 saturated heterocycles. The molecule has 0 fully saturated rings. The zero-order valence-corrected chi connectivity index (χ0v) is 26.2. The van der Waals surface area contributed by atoms with Crippen molar-refractivity contribution in [2.24, 2.45) is 0 Å². The Bertz CT molecular complexity index is 1380. The van der Waals surface area contributed by atoms with Crippen LogP contribution in [0.2, 0.25) is 0 Å². The van der Waals surface area contributed by atoms with Crippen molar-refractivity contribution in [3.63, 3.8) is 0 Å². The van der Waals surface area contributed by atoms with Crippen molar-refractivity contribution < 1.29 is 22.7 Å². The number of anilines is 1. The molecule has 1 atom stereocenters. The zero-order chi connectivity index (χ0) is 29.8. The number of nitrogens with zero attached hydrogens (tertiary/aromatic N) is 2. The van der Waals surface area contributed by atoms with Crippen molar-refractivity contribution >= 4 is 43.5 Å². The van der Waals surface area contributed by atoms with Gasteiger partial charge in [0.05, 0.1) is 19.1 Å². The van der Waals surface area contributed by atoms with Crippen LogP contribution < -0.4 is 14.4 Å². The Labute approximate surface area is 251 Å². The summed E-state index contributed by atoms with van der Waals surface area (Å²) in [6.07, 6.45) is 2.63. The number of amides is 2. The van der Waals surface area contributed by atoms with Crippen molar-refractivity contribution in [1.82, 2.24) is 10.2 Å². The first-order valence-corrected chi connectivity index (χ1v) is 16.2. The summed E-state index contributed by atoms with van der Waals surface area (Å²) in [6.45, 7) is 2.85. The Hall–Kier alpha value is -3.37. The van der Waals surface area contributed by atoms with Gasteiger partial charge in [-0.2, -0.15) is 0 Å². The fourth-order valence-corrected chi connectivity index (χ4v) is 5.92. The Balaban J connectivity index is 1.86. The fourth-order valence-electron chi connectivity index (χ4n) is 4.50. The van der Waals surface area contributed by atoms with Crippen molar-refractivity contribution in [2.45, 2.75) is 45.2 Å². The first-order valence-electron chi connectivity index (χ1n) is 13.6. The molecule has 0 aromatic heterocycles. The van der Waals surface area contributed by atoms with Crippen LogP contribution in [0.4, 0.5) is 5.69 Å². The van der Waals surface area contributed by atoms with Crippen LogP contribution in [-0.2, 0) is 32.6 Å². The third-order valence-corrected chi connectivity index (χ3v) is 8.26. The van der Waals surface area contributed by atoms with E-state index in [0.717, 1.165) is 28.3 Å². The minimum absolute atomic E-state index is 0.0719. The van der Waals surface area contributed by atoms with Crippen molar-refractivity contribution in [2.75, 3.05) is 30.8 Å². The predicted octanol–water partition coefficient (Wildman–Crippen LogP) is 5.17. The molecule has 0 saturated carbocycles. The van der Waals surface area contributed by atoms with Crippen LogP contribution in [0.15, 0.2) is 83.3 Å². The van der Waals surface area contributed by atoms with Gasteiger partial charge in [-0.05, 0) is 60.4 Å². The molecule has 0 radical (unpaired) electrons. The molecular weight excluding hydrogens is 606 g/mol. The Morgan fingerprint density at radius 3 is 2.27 bits per heavy atom. The normalized spacial score (nSPS) is 11.9. The standard InChI is InChI=1S/C31H38BrN3O5S/c1-4-19-33-31(37)29(22-24-10-6-5-7-11-24)34(23-25-12-8-13-26(32)21-25)30(36)14-9-20-35(41(3,38)39)27-15-17-28(40-2)18-16-27/h5-8,10-13,15-18,21,29H,4,9,14,19-20,22-23H2,1-3H3,(H,33,37). The van der Waals surface area contributed by atoms with Crippen LogP contribution in [0.5, 0.6) is 5.75 Å². The van der Waals surface area contributed by atoms with E-state index < -0.39 is 16.1 Å². The number of carbonyl (C=O) groups is 2. The molecule has 3 aromatic carbocycles. The molecule has 220 valence electrons. The van der Waals surface area contributed by atoms with E-state index in [1.54, 1.807) is 36.3 Å². The first-order chi connectivity index (χ1) is 19.6. The molecule has 0 bridgehead atoms. The second-order valence-electron chi connectivity index (χ2n) is 9.78. The van der Waals surface area contributed by atoms with Gasteiger partial charge in [-0.25, -0.2) is 8.42 Å². The van der Waals surface area contributed by atoms with Crippen LogP contribution in [-0.4, -0.2) is 57.6 Å². The van der Waals surface area contributed by atoms with Gasteiger partial charge in [0, 0.05) is 36.9 Å². The van der Waals surface area contributed by atoms with Gasteiger partial charge in [0.2, 0.25) is 21.8 Å². The van der Waals surface area contributed by atoms with Crippen molar-refractivity contribution in [3.05, 3.63) is 94.5 Å². The lowest BCUT2D eigenvalue weighted by Gasteiger charge is -2.32. The van der Waals surface area contributed by atoms with E-state index in [9.17, 15) is 18.0 Å². The minimum Gasteiger partial charge on any atom is -0.497 e. The van der Waals surface area contributed by atoms with E-state index in [-0.39, 0.29) is 37.7 Å². The van der Waals surface area contributed by atoms with E-state index in [0.29, 0.717) is 24.4 Å². The predicted molar refractivity (Wildman–Crippen MR) is 166 cm³/mol. The molecule has 3 aromatic rings. The molecule has 0 spiro atoms. The maximum atomic E-state index is 13.8. The highest BCUT2D eigenvalue weighted by Crippen LogP contribution is 2.23. The summed E-state index contributed by atoms with van der Waals surface area (Å²) in [5.74, 6) is 0.183. The molecule has 1 unspecified atom stereocenters. The fraction of sp³-hybridized carbons (Fsp3) is 0.355. The number of ether oxygens (including phenoxy) is 1. The number of hydrogen-bond acceptors (Lipinski definition) is 5. The first kappa shape index (κ1) is 32.1. The number of rotatable bonds is 15. The van der Waals surface area contributed by atoms with E-state index in [2.05, 4.69) is 21.2 Å². The van der Waals surface area contributed by atoms with Gasteiger partial charge >= 0.3 is 0 Å². The van der Waals surface area contributed by atoms with Crippen LogP contribution >= 0.6 is 15.9 Å². The maximum absolute atomic E-state index is 13.8. The van der Waals surface area contributed by atoms with E-state index in [1.165, 1.54) is 4.31 Å². The summed E-state index contributed by atoms with van der Waals surface area (Å²) in [6, 6.07) is 23.3. The van der Waals surface area contributed by atoms with E-state index in [4.69, 9.17) is 4.74 Å². The summed E-state index contributed by atoms with van der Waals surface area (Å²) in [4.78, 5) is 28.9. The van der Waals surface area contributed by atoms with Crippen LogP contribution in [0.1, 0.15) is 37.3 Å². The van der Waals surface area contributed by atoms with Crippen LogP contribution in [0, 0.1) is 0 Å². The highest BCUT2D eigenvalue weighted by Gasteiger charge is 2.30. The number of nitrogens with one attached hydrogen (secondary N) is 1. The van der Waals surface area contributed by atoms with Gasteiger partial charge in [-0.3, -0.25) is 13.9 Å². The molecule has 1 N–H and O–H groups in total. The molecule has 3 rings (SSSR count). The van der Waals surface area contributed by atoms with Crippen molar-refractivity contribution in [1.29, 1.82) is 0 Å². The summed E-state index contributed by atoms with van der Waals surface area (Å²) in [7, 11) is -2.05. The van der Waals surface area contributed by atoms with Gasteiger partial charge in [-0.15, -0.1) is 0 Å². The summed E-state index contributed by atoms with van der Waals surface area (Å²) >= 11 is 3.50. The quantitative estimate of drug-likeness (QED) is 0.247. The summed E-state index contributed by atoms with van der Waals surface area (Å²) < 4.78 is 32.6. The number of carbonyl (C=O) groups excluding carboxylic acids is 2. The van der Waals surface area contributed by atoms with Gasteiger partial charge in [0.15, 0.2) is 0 Å². The SMILES string of the molecule is CCCNC(=O)C(Cc1ccccc1)N(Cc1cccc(Br)c1)C(=O)CCCN(c1ccc(OC)cc1)S(C)(=O)=O. The van der Waals surface area contributed by atoms with Gasteiger partial charge in [0.1, 0.15) is 11.8 Å². The molecule has 10 heteroatoms. The second kappa shape index (κ2) is 15.6. The maximum Gasteiger partial charge on any atom is 0.243 e. The topological polar surface area (TPSA) is 96.0 Å². The van der Waals surface area contributed by atoms with E-state index in [1.807, 2.05) is 61.5 Å². The van der Waals surface area contributed by atoms with Gasteiger partial charge < -0.3 is 15.0 Å². The highest BCUT2D eigenvalue weighted by atomic mass is 79.9. The molecule has 0 heterocycles. The highest BCUT2D eigenvalue weighted by molar-refractivity contribution is 9.10. The molecule has 0 aliphatic heterocycles. The monoisotopic (exact) mass is 643 g/mol. The number of hydrogen-bond donors (Lipinski definition) is 1. The van der Waals surface area contributed by atoms with Crippen molar-refractivity contribution in [3.8, 4) is 5.75 Å². The largest absolute Gasteiger partial charge is 0.497 e. The molecule has 0 aliphatic carbocycles. The zero-order valence-electron chi connectivity index (χ0n) is 23.8. The minimum atomic E-state index is -3.59. The molecule has 2 amide bonds. The van der Waals surface area contributed by atoms with Gasteiger partial charge in [0.25, 0.3) is 0 Å². The summed E-state index contributed by atoms with van der Waals surface area (Å²) in [5, 5.41) is 2.97. The Morgan fingerprint density at radius 2 is 1.66 bits per heavy atom. The average Bonchev–Trinajstić information content (AvgIpc) is 2.95. The smallest absolute Gasteiger partial charge is 0.243 e. The van der Waals surface area contributed by atoms with E-state index >= 15 is 0 Å². The van der Waals surface area contributed by atoms with Gasteiger partial charge in [-0.1, -0.05) is 65.3 Å². The Kier molecular flexibility index (Phi) is 12.2. The number of methoxy groups -OCH3 is 1. The molecule has 8 nitrogen and oxygen atoms in total. The molecular formula is C31H38BrN3O5S. The lowest BCUT2D eigenvalue weighted by molar-refractivity contribution is -0.141. The third kappa shape index (κ3) is 9.89.